The monoisotopic (exact) mass is 307 g/mol. The zero-order chi connectivity index (χ0) is 12.1. The van der Waals surface area contributed by atoms with Gasteiger partial charge in [-0.05, 0) is 18.6 Å². The molecule has 7 heteroatoms. The molecule has 0 aromatic carbocycles. The molecule has 1 saturated heterocycles. The minimum atomic E-state index is -0.243. The molecule has 0 aliphatic carbocycles. The van der Waals surface area contributed by atoms with Crippen LogP contribution in [0.5, 0.6) is 0 Å². The fraction of sp³-hybridized carbons (Fsp3) is 0.500. The molecule has 1 atom stereocenters. The van der Waals surface area contributed by atoms with Crippen LogP contribution in [-0.2, 0) is 16.1 Å². The van der Waals surface area contributed by atoms with Crippen LogP contribution in [0.25, 0.3) is 0 Å². The highest BCUT2D eigenvalue weighted by Crippen LogP contribution is 2.02. The Labute approximate surface area is 125 Å². The molecule has 1 unspecified atom stereocenters. The molecule has 108 valence electrons. The standard InChI is InChI=1S/C12H17N3O2.2ClH/c1-9-3-2-4-13-10(9)7-15-12(16)11-8-17-6-5-14-11;;/h2-4,11,14H,5-8H2,1H3,(H,15,16);2*1H. The van der Waals surface area contributed by atoms with Gasteiger partial charge in [0.05, 0.1) is 25.5 Å². The van der Waals surface area contributed by atoms with Crippen molar-refractivity contribution >= 4 is 30.7 Å². The molecular formula is C12H19Cl2N3O2. The average Bonchev–Trinajstić information content (AvgIpc) is 2.38. The van der Waals surface area contributed by atoms with Crippen LogP contribution in [-0.4, -0.2) is 36.7 Å². The summed E-state index contributed by atoms with van der Waals surface area (Å²) in [6, 6.07) is 3.63. The van der Waals surface area contributed by atoms with Crippen molar-refractivity contribution in [2.75, 3.05) is 19.8 Å². The Morgan fingerprint density at radius 1 is 1.58 bits per heavy atom. The third kappa shape index (κ3) is 5.32. The largest absolute Gasteiger partial charge is 0.378 e. The maximum Gasteiger partial charge on any atom is 0.239 e. The van der Waals surface area contributed by atoms with Crippen LogP contribution in [0.3, 0.4) is 0 Å². The first kappa shape index (κ1) is 18.1. The van der Waals surface area contributed by atoms with Crippen molar-refractivity contribution in [3.8, 4) is 0 Å². The summed E-state index contributed by atoms with van der Waals surface area (Å²) in [5, 5.41) is 5.98. The number of morpholine rings is 1. The lowest BCUT2D eigenvalue weighted by atomic mass is 10.2. The summed E-state index contributed by atoms with van der Waals surface area (Å²) in [6.45, 7) is 4.27. The Hall–Kier alpha value is -0.880. The van der Waals surface area contributed by atoms with Gasteiger partial charge in [-0.25, -0.2) is 0 Å². The lowest BCUT2D eigenvalue weighted by molar-refractivity contribution is -0.126. The highest BCUT2D eigenvalue weighted by Gasteiger charge is 2.20. The lowest BCUT2D eigenvalue weighted by Gasteiger charge is -2.22. The molecule has 2 heterocycles. The van der Waals surface area contributed by atoms with Crippen LogP contribution in [0.1, 0.15) is 11.3 Å². The number of amides is 1. The average molecular weight is 308 g/mol. The Balaban J connectivity index is 0.00000162. The third-order valence-electron chi connectivity index (χ3n) is 2.79. The molecule has 2 N–H and O–H groups in total. The summed E-state index contributed by atoms with van der Waals surface area (Å²) >= 11 is 0. The molecular weight excluding hydrogens is 289 g/mol. The summed E-state index contributed by atoms with van der Waals surface area (Å²) < 4.78 is 5.24. The van der Waals surface area contributed by atoms with Gasteiger partial charge < -0.3 is 15.4 Å². The van der Waals surface area contributed by atoms with Gasteiger partial charge in [0.1, 0.15) is 6.04 Å². The Morgan fingerprint density at radius 2 is 2.37 bits per heavy atom. The van der Waals surface area contributed by atoms with Crippen LogP contribution < -0.4 is 10.6 Å². The predicted octanol–water partition coefficient (Wildman–Crippen LogP) is 0.838. The normalized spacial score (nSPS) is 17.8. The fourth-order valence-corrected chi connectivity index (χ4v) is 1.73. The quantitative estimate of drug-likeness (QED) is 0.868. The number of aromatic nitrogens is 1. The summed E-state index contributed by atoms with van der Waals surface area (Å²) in [5.41, 5.74) is 1.98. The molecule has 0 spiro atoms. The zero-order valence-electron chi connectivity index (χ0n) is 10.7. The van der Waals surface area contributed by atoms with Crippen molar-refractivity contribution in [2.45, 2.75) is 19.5 Å². The van der Waals surface area contributed by atoms with Gasteiger partial charge in [-0.3, -0.25) is 9.78 Å². The maximum absolute atomic E-state index is 11.8. The van der Waals surface area contributed by atoms with Crippen LogP contribution in [0.15, 0.2) is 18.3 Å². The SMILES string of the molecule is Cc1cccnc1CNC(=O)C1COCCN1.Cl.Cl. The number of carbonyl (C=O) groups is 1. The van der Waals surface area contributed by atoms with Gasteiger partial charge in [-0.2, -0.15) is 0 Å². The van der Waals surface area contributed by atoms with Crippen molar-refractivity contribution in [3.63, 3.8) is 0 Å². The topological polar surface area (TPSA) is 63.2 Å². The molecule has 2 rings (SSSR count). The van der Waals surface area contributed by atoms with E-state index in [9.17, 15) is 4.79 Å². The van der Waals surface area contributed by atoms with E-state index in [1.54, 1.807) is 6.20 Å². The number of ether oxygens (including phenoxy) is 1. The third-order valence-corrected chi connectivity index (χ3v) is 2.79. The molecule has 0 radical (unpaired) electrons. The van der Waals surface area contributed by atoms with Gasteiger partial charge >= 0.3 is 0 Å². The van der Waals surface area contributed by atoms with Crippen LogP contribution >= 0.6 is 24.8 Å². The van der Waals surface area contributed by atoms with E-state index in [2.05, 4.69) is 15.6 Å². The number of nitrogens with one attached hydrogen (secondary N) is 2. The van der Waals surface area contributed by atoms with Crippen molar-refractivity contribution in [3.05, 3.63) is 29.6 Å². The van der Waals surface area contributed by atoms with Gasteiger partial charge in [0.15, 0.2) is 0 Å². The van der Waals surface area contributed by atoms with Crippen molar-refractivity contribution < 1.29 is 9.53 Å². The molecule has 0 bridgehead atoms. The molecule has 19 heavy (non-hydrogen) atoms. The van der Waals surface area contributed by atoms with E-state index < -0.39 is 0 Å². The molecule has 1 aliphatic heterocycles. The molecule has 5 nitrogen and oxygen atoms in total. The van der Waals surface area contributed by atoms with E-state index in [1.165, 1.54) is 0 Å². The number of pyridine rings is 1. The van der Waals surface area contributed by atoms with E-state index in [-0.39, 0.29) is 36.8 Å². The van der Waals surface area contributed by atoms with Gasteiger partial charge in [0, 0.05) is 12.7 Å². The minimum absolute atomic E-state index is 0. The minimum Gasteiger partial charge on any atom is -0.378 e. The highest BCUT2D eigenvalue weighted by molar-refractivity contribution is 5.85. The molecule has 0 saturated carbocycles. The number of rotatable bonds is 3. The van der Waals surface area contributed by atoms with Crippen molar-refractivity contribution in [1.82, 2.24) is 15.6 Å². The number of nitrogens with zero attached hydrogens (tertiary/aromatic N) is 1. The van der Waals surface area contributed by atoms with Crippen molar-refractivity contribution in [2.24, 2.45) is 0 Å². The smallest absolute Gasteiger partial charge is 0.239 e. The molecule has 1 amide bonds. The first-order valence-electron chi connectivity index (χ1n) is 5.76. The summed E-state index contributed by atoms with van der Waals surface area (Å²) in [7, 11) is 0. The molecule has 1 fully saturated rings. The Kier molecular flexibility index (Phi) is 8.67. The second-order valence-electron chi connectivity index (χ2n) is 4.07. The van der Waals surface area contributed by atoms with Crippen molar-refractivity contribution in [1.29, 1.82) is 0 Å². The first-order valence-corrected chi connectivity index (χ1v) is 5.76. The highest BCUT2D eigenvalue weighted by atomic mass is 35.5. The first-order chi connectivity index (χ1) is 8.27. The van der Waals surface area contributed by atoms with Crippen LogP contribution in [0, 0.1) is 6.92 Å². The van der Waals surface area contributed by atoms with E-state index in [4.69, 9.17) is 4.74 Å². The summed E-state index contributed by atoms with van der Waals surface area (Å²) in [6.07, 6.45) is 1.73. The van der Waals surface area contributed by atoms with E-state index in [1.807, 2.05) is 19.1 Å². The lowest BCUT2D eigenvalue weighted by Crippen LogP contribution is -2.51. The number of aryl methyl sites for hydroxylation is 1. The van der Waals surface area contributed by atoms with Gasteiger partial charge in [0.25, 0.3) is 0 Å². The van der Waals surface area contributed by atoms with Gasteiger partial charge in [-0.1, -0.05) is 6.07 Å². The van der Waals surface area contributed by atoms with E-state index in [0.717, 1.165) is 17.8 Å². The predicted molar refractivity (Wildman–Crippen MR) is 77.9 cm³/mol. The fourth-order valence-electron chi connectivity index (χ4n) is 1.73. The zero-order valence-corrected chi connectivity index (χ0v) is 12.4. The van der Waals surface area contributed by atoms with Crippen LogP contribution in [0.2, 0.25) is 0 Å². The Bertz CT molecular complexity index is 398. The molecule has 1 aromatic rings. The number of hydrogen-bond donors (Lipinski definition) is 2. The molecule has 1 aromatic heterocycles. The van der Waals surface area contributed by atoms with E-state index >= 15 is 0 Å². The maximum atomic E-state index is 11.8. The summed E-state index contributed by atoms with van der Waals surface area (Å²) in [4.78, 5) is 16.0. The number of carbonyl (C=O) groups excluding carboxylic acids is 1. The second kappa shape index (κ2) is 9.09. The Morgan fingerprint density at radius 3 is 3.00 bits per heavy atom. The van der Waals surface area contributed by atoms with Gasteiger partial charge in [-0.15, -0.1) is 24.8 Å². The van der Waals surface area contributed by atoms with Gasteiger partial charge in [0.2, 0.25) is 5.91 Å². The van der Waals surface area contributed by atoms with E-state index in [0.29, 0.717) is 19.8 Å². The second-order valence-corrected chi connectivity index (χ2v) is 4.07. The summed E-state index contributed by atoms with van der Waals surface area (Å²) in [5.74, 6) is -0.0326. The van der Waals surface area contributed by atoms with Crippen LogP contribution in [0.4, 0.5) is 0 Å². The molecule has 1 aliphatic rings. The number of hydrogen-bond acceptors (Lipinski definition) is 4. The number of halogens is 2.